The zero-order chi connectivity index (χ0) is 14.4. The number of aromatic nitrogens is 1. The Bertz CT molecular complexity index is 707. The van der Waals surface area contributed by atoms with Crippen molar-refractivity contribution >= 4 is 17.3 Å². The van der Waals surface area contributed by atoms with Gasteiger partial charge in [0, 0.05) is 5.92 Å². The fourth-order valence-electron chi connectivity index (χ4n) is 2.41. The van der Waals surface area contributed by atoms with Crippen LogP contribution in [0, 0.1) is 0 Å². The van der Waals surface area contributed by atoms with E-state index in [1.807, 2.05) is 24.3 Å². The van der Waals surface area contributed by atoms with Crippen molar-refractivity contribution < 1.29 is 19.4 Å². The van der Waals surface area contributed by atoms with Crippen LogP contribution >= 0.6 is 11.3 Å². The molecule has 0 spiro atoms. The number of fused-ring (bicyclic) bond motifs is 1. The predicted molar refractivity (Wildman–Crippen MR) is 76.4 cm³/mol. The normalized spacial score (nSPS) is 20.3. The topological polar surface area (TPSA) is 68.7 Å². The van der Waals surface area contributed by atoms with E-state index in [9.17, 15) is 9.90 Å². The summed E-state index contributed by atoms with van der Waals surface area (Å²) in [4.78, 5) is 16.2. The third-order valence-electron chi connectivity index (χ3n) is 3.61. The Morgan fingerprint density at radius 2 is 2.05 bits per heavy atom. The monoisotopic (exact) mass is 303 g/mol. The number of nitrogens with zero attached hydrogens (tertiary/aromatic N) is 1. The van der Waals surface area contributed by atoms with Crippen molar-refractivity contribution in [3.63, 3.8) is 0 Å². The minimum atomic E-state index is -0.905. The first-order valence-corrected chi connectivity index (χ1v) is 7.66. The van der Waals surface area contributed by atoms with Crippen LogP contribution in [0.4, 0.5) is 0 Å². The Morgan fingerprint density at radius 3 is 2.76 bits per heavy atom. The van der Waals surface area contributed by atoms with Crippen LogP contribution in [0.25, 0.3) is 0 Å². The molecular formula is C15H13NO4S. The summed E-state index contributed by atoms with van der Waals surface area (Å²) >= 11 is 1.20. The molecule has 108 valence electrons. The van der Waals surface area contributed by atoms with E-state index in [-0.39, 0.29) is 6.10 Å². The van der Waals surface area contributed by atoms with Crippen molar-refractivity contribution in [1.82, 2.24) is 4.98 Å². The fourth-order valence-corrected chi connectivity index (χ4v) is 3.42. The molecule has 2 aliphatic rings. The predicted octanol–water partition coefficient (Wildman–Crippen LogP) is 3.23. The van der Waals surface area contributed by atoms with Crippen LogP contribution in [-0.2, 0) is 0 Å². The number of benzene rings is 1. The summed E-state index contributed by atoms with van der Waals surface area (Å²) < 4.78 is 11.6. The second-order valence-corrected chi connectivity index (χ2v) is 6.24. The van der Waals surface area contributed by atoms with Crippen molar-refractivity contribution in [2.24, 2.45) is 0 Å². The maximum atomic E-state index is 11.3. The molecule has 4 rings (SSSR count). The highest BCUT2D eigenvalue weighted by Gasteiger charge is 2.34. The van der Waals surface area contributed by atoms with Crippen LogP contribution < -0.4 is 9.47 Å². The van der Waals surface area contributed by atoms with Gasteiger partial charge in [0.25, 0.3) is 0 Å². The first-order valence-electron chi connectivity index (χ1n) is 6.85. The molecule has 2 aromatic rings. The number of para-hydroxylation sites is 2. The minimum absolute atomic E-state index is 0.304. The number of thiazole rings is 1. The average molecular weight is 303 g/mol. The third-order valence-corrected chi connectivity index (χ3v) is 4.76. The lowest BCUT2D eigenvalue weighted by atomic mass is 10.2. The number of carbonyl (C=O) groups is 1. The molecule has 1 saturated carbocycles. The van der Waals surface area contributed by atoms with Gasteiger partial charge in [-0.15, -0.1) is 11.3 Å². The van der Waals surface area contributed by atoms with Crippen LogP contribution in [-0.4, -0.2) is 22.7 Å². The Hall–Kier alpha value is -2.08. The number of carboxylic acid groups (broad SMARTS) is 1. The van der Waals surface area contributed by atoms with E-state index in [1.165, 1.54) is 11.3 Å². The summed E-state index contributed by atoms with van der Waals surface area (Å²) in [5.74, 6) is 0.788. The summed E-state index contributed by atoms with van der Waals surface area (Å²) in [5, 5.41) is 9.99. The second kappa shape index (κ2) is 4.73. The minimum Gasteiger partial charge on any atom is -0.485 e. The van der Waals surface area contributed by atoms with Gasteiger partial charge in [-0.1, -0.05) is 12.1 Å². The first-order chi connectivity index (χ1) is 10.2. The van der Waals surface area contributed by atoms with Crippen molar-refractivity contribution in [2.75, 3.05) is 6.61 Å². The molecule has 1 aliphatic heterocycles. The van der Waals surface area contributed by atoms with E-state index in [0.717, 1.165) is 12.8 Å². The Morgan fingerprint density at radius 1 is 1.29 bits per heavy atom. The highest BCUT2D eigenvalue weighted by atomic mass is 32.1. The number of hydrogen-bond acceptors (Lipinski definition) is 5. The summed E-state index contributed by atoms with van der Waals surface area (Å²) in [6.45, 7) is 0.355. The van der Waals surface area contributed by atoms with Crippen molar-refractivity contribution in [3.05, 3.63) is 39.8 Å². The summed E-state index contributed by atoms with van der Waals surface area (Å²) in [6.07, 6.45) is 1.71. The molecule has 1 atom stereocenters. The van der Waals surface area contributed by atoms with E-state index < -0.39 is 5.97 Å². The van der Waals surface area contributed by atoms with Crippen LogP contribution in [0.15, 0.2) is 24.3 Å². The molecule has 6 heteroatoms. The number of ether oxygens (including phenoxy) is 2. The molecule has 1 fully saturated rings. The van der Waals surface area contributed by atoms with E-state index in [2.05, 4.69) is 4.98 Å². The molecule has 1 aromatic heterocycles. The molecule has 0 bridgehead atoms. The van der Waals surface area contributed by atoms with Gasteiger partial charge in [-0.2, -0.15) is 0 Å². The summed E-state index contributed by atoms with van der Waals surface area (Å²) in [5.41, 5.74) is 0.713. The number of hydrogen-bond donors (Lipinski definition) is 1. The molecule has 0 amide bonds. The van der Waals surface area contributed by atoms with Gasteiger partial charge < -0.3 is 14.6 Å². The van der Waals surface area contributed by atoms with Gasteiger partial charge in [-0.05, 0) is 25.0 Å². The van der Waals surface area contributed by atoms with E-state index in [4.69, 9.17) is 9.47 Å². The lowest BCUT2D eigenvalue weighted by Gasteiger charge is -2.24. The molecule has 5 nitrogen and oxygen atoms in total. The highest BCUT2D eigenvalue weighted by Crippen LogP contribution is 2.44. The van der Waals surface area contributed by atoms with Crippen molar-refractivity contribution in [2.45, 2.75) is 24.9 Å². The lowest BCUT2D eigenvalue weighted by molar-refractivity contribution is 0.0700. The Balaban J connectivity index is 1.65. The van der Waals surface area contributed by atoms with Gasteiger partial charge in [0.1, 0.15) is 16.5 Å². The quantitative estimate of drug-likeness (QED) is 0.942. The molecule has 1 aliphatic carbocycles. The molecule has 2 heterocycles. The van der Waals surface area contributed by atoms with Gasteiger partial charge in [0.2, 0.25) is 0 Å². The van der Waals surface area contributed by atoms with Crippen LogP contribution in [0.5, 0.6) is 11.5 Å². The fraction of sp³-hybridized carbons (Fsp3) is 0.333. The van der Waals surface area contributed by atoms with Gasteiger partial charge in [0.05, 0.1) is 5.69 Å². The van der Waals surface area contributed by atoms with E-state index in [0.29, 0.717) is 39.6 Å². The Labute approximate surface area is 125 Å². The third kappa shape index (κ3) is 2.25. The second-order valence-electron chi connectivity index (χ2n) is 5.21. The molecule has 21 heavy (non-hydrogen) atoms. The highest BCUT2D eigenvalue weighted by molar-refractivity contribution is 7.13. The standard InChI is InChI=1S/C15H13NO4S/c17-15(18)13-12(8-5-6-8)16-14(21-13)11-7-19-9-3-1-2-4-10(9)20-11/h1-4,8,11H,5-7H2,(H,17,18). The zero-order valence-corrected chi connectivity index (χ0v) is 11.9. The first kappa shape index (κ1) is 12.6. The molecule has 0 radical (unpaired) electrons. The van der Waals surface area contributed by atoms with E-state index in [1.54, 1.807) is 0 Å². The number of aromatic carboxylic acids is 1. The largest absolute Gasteiger partial charge is 0.485 e. The van der Waals surface area contributed by atoms with Gasteiger partial charge >= 0.3 is 5.97 Å². The van der Waals surface area contributed by atoms with Crippen LogP contribution in [0.1, 0.15) is 45.2 Å². The van der Waals surface area contributed by atoms with Crippen LogP contribution in [0.3, 0.4) is 0 Å². The summed E-state index contributed by atoms with van der Waals surface area (Å²) in [7, 11) is 0. The average Bonchev–Trinajstić information content (AvgIpc) is 3.25. The maximum absolute atomic E-state index is 11.3. The summed E-state index contributed by atoms with van der Waals surface area (Å²) in [6, 6.07) is 7.46. The van der Waals surface area contributed by atoms with Crippen molar-refractivity contribution in [3.8, 4) is 11.5 Å². The van der Waals surface area contributed by atoms with Gasteiger partial charge in [-0.25, -0.2) is 9.78 Å². The molecule has 1 unspecified atom stereocenters. The number of carboxylic acids is 1. The zero-order valence-electron chi connectivity index (χ0n) is 11.1. The van der Waals surface area contributed by atoms with Crippen LogP contribution in [0.2, 0.25) is 0 Å². The van der Waals surface area contributed by atoms with Crippen molar-refractivity contribution in [1.29, 1.82) is 0 Å². The molecule has 1 aromatic carbocycles. The van der Waals surface area contributed by atoms with E-state index >= 15 is 0 Å². The van der Waals surface area contributed by atoms with Gasteiger partial charge in [0.15, 0.2) is 17.6 Å². The molecule has 0 saturated heterocycles. The Kier molecular flexibility index (Phi) is 2.85. The lowest BCUT2D eigenvalue weighted by Crippen LogP contribution is -2.21. The smallest absolute Gasteiger partial charge is 0.347 e. The molecular weight excluding hydrogens is 290 g/mol. The number of rotatable bonds is 3. The SMILES string of the molecule is O=C(O)c1sc(C2COc3ccccc3O2)nc1C1CC1. The maximum Gasteiger partial charge on any atom is 0.347 e. The molecule has 1 N–H and O–H groups in total. The van der Waals surface area contributed by atoms with Gasteiger partial charge in [-0.3, -0.25) is 0 Å².